The van der Waals surface area contributed by atoms with E-state index in [1.807, 2.05) is 60.7 Å². The molecule has 0 aliphatic carbocycles. The van der Waals surface area contributed by atoms with Gasteiger partial charge in [0.1, 0.15) is 5.82 Å². The number of anilines is 1. The van der Waals surface area contributed by atoms with Gasteiger partial charge in [0, 0.05) is 25.2 Å². The van der Waals surface area contributed by atoms with E-state index in [0.717, 1.165) is 11.1 Å². The number of nitrogens with zero attached hydrogens (tertiary/aromatic N) is 2. The first-order valence-corrected chi connectivity index (χ1v) is 13.2. The van der Waals surface area contributed by atoms with Crippen LogP contribution in [0.3, 0.4) is 0 Å². The molecule has 7 heteroatoms. The first-order valence-electron chi connectivity index (χ1n) is 11.7. The summed E-state index contributed by atoms with van der Waals surface area (Å²) in [5, 5.41) is 0. The lowest BCUT2D eigenvalue weighted by Crippen LogP contribution is -2.32. The minimum absolute atomic E-state index is 0.0821. The van der Waals surface area contributed by atoms with Gasteiger partial charge in [0.2, 0.25) is 10.0 Å². The molecule has 4 aromatic rings. The zero-order valence-corrected chi connectivity index (χ0v) is 21.2. The Hall–Kier alpha value is -4.07. The highest BCUT2D eigenvalue weighted by Gasteiger charge is 2.34. The SMILES string of the molecule is CN1C(=O)/C(=C/c2ccc(F)cc2)c2cc(S(=O)(=O)N(C)C(c3ccccc3)c3ccccc3)ccc21. The van der Waals surface area contributed by atoms with Crippen LogP contribution in [0.5, 0.6) is 0 Å². The zero-order valence-electron chi connectivity index (χ0n) is 20.4. The molecule has 0 fully saturated rings. The summed E-state index contributed by atoms with van der Waals surface area (Å²) in [5.41, 5.74) is 3.81. The van der Waals surface area contributed by atoms with Gasteiger partial charge in [-0.2, -0.15) is 4.31 Å². The number of benzene rings is 4. The van der Waals surface area contributed by atoms with E-state index in [1.165, 1.54) is 27.4 Å². The van der Waals surface area contributed by atoms with Gasteiger partial charge in [0.15, 0.2) is 0 Å². The van der Waals surface area contributed by atoms with Gasteiger partial charge in [-0.15, -0.1) is 0 Å². The van der Waals surface area contributed by atoms with Crippen molar-refractivity contribution in [2.24, 2.45) is 0 Å². The maximum atomic E-state index is 14.0. The lowest BCUT2D eigenvalue weighted by molar-refractivity contribution is -0.112. The smallest absolute Gasteiger partial charge is 0.258 e. The minimum Gasteiger partial charge on any atom is -0.311 e. The number of rotatable bonds is 6. The molecule has 1 aliphatic heterocycles. The molecule has 0 saturated heterocycles. The highest BCUT2D eigenvalue weighted by Crippen LogP contribution is 2.40. The summed E-state index contributed by atoms with van der Waals surface area (Å²) in [6.07, 6.45) is 1.65. The molecule has 1 amide bonds. The second-order valence-electron chi connectivity index (χ2n) is 8.90. The molecule has 0 saturated carbocycles. The standard InChI is InChI=1S/C30H25FN2O3S/c1-32-28-18-17-25(20-26(28)27(30(32)34)19-21-13-15-24(31)16-14-21)37(35,36)33(2)29(22-9-5-3-6-10-22)23-11-7-4-8-12-23/h3-20,29H,1-2H3/b27-19+. The average Bonchev–Trinajstić information content (AvgIpc) is 3.15. The highest BCUT2D eigenvalue weighted by atomic mass is 32.2. The number of sulfonamides is 1. The van der Waals surface area contributed by atoms with Crippen LogP contribution in [0.2, 0.25) is 0 Å². The van der Waals surface area contributed by atoms with Crippen LogP contribution in [0.15, 0.2) is 108 Å². The Morgan fingerprint density at radius 1 is 0.838 bits per heavy atom. The molecule has 5 rings (SSSR count). The van der Waals surface area contributed by atoms with Crippen molar-refractivity contribution in [2.75, 3.05) is 19.0 Å². The third kappa shape index (κ3) is 4.59. The number of hydrogen-bond acceptors (Lipinski definition) is 3. The normalized spacial score (nSPS) is 14.6. The van der Waals surface area contributed by atoms with Gasteiger partial charge in [-0.3, -0.25) is 4.79 Å². The molecule has 0 N–H and O–H groups in total. The fourth-order valence-electron chi connectivity index (χ4n) is 4.64. The Balaban J connectivity index is 1.59. The van der Waals surface area contributed by atoms with E-state index in [4.69, 9.17) is 0 Å². The van der Waals surface area contributed by atoms with Crippen LogP contribution in [-0.2, 0) is 14.8 Å². The summed E-state index contributed by atoms with van der Waals surface area (Å²) in [6, 6.07) is 28.9. The number of hydrogen-bond donors (Lipinski definition) is 0. The van der Waals surface area contributed by atoms with Crippen molar-refractivity contribution in [1.82, 2.24) is 4.31 Å². The van der Waals surface area contributed by atoms with E-state index in [2.05, 4.69) is 0 Å². The zero-order chi connectivity index (χ0) is 26.2. The molecular formula is C30H25FN2O3S. The first-order chi connectivity index (χ1) is 17.8. The molecule has 0 atom stereocenters. The summed E-state index contributed by atoms with van der Waals surface area (Å²) >= 11 is 0. The summed E-state index contributed by atoms with van der Waals surface area (Å²) in [4.78, 5) is 14.6. The largest absolute Gasteiger partial charge is 0.311 e. The fourth-order valence-corrected chi connectivity index (χ4v) is 6.00. The van der Waals surface area contributed by atoms with Crippen LogP contribution in [0.25, 0.3) is 11.6 Å². The highest BCUT2D eigenvalue weighted by molar-refractivity contribution is 7.89. The summed E-state index contributed by atoms with van der Waals surface area (Å²) in [7, 11) is -0.750. The van der Waals surface area contributed by atoms with Crippen molar-refractivity contribution in [1.29, 1.82) is 0 Å². The quantitative estimate of drug-likeness (QED) is 0.309. The molecule has 1 heterocycles. The van der Waals surface area contributed by atoms with Gasteiger partial charge in [-0.1, -0.05) is 72.8 Å². The third-order valence-electron chi connectivity index (χ3n) is 6.61. The van der Waals surface area contributed by atoms with Gasteiger partial charge in [-0.25, -0.2) is 12.8 Å². The molecule has 186 valence electrons. The Morgan fingerprint density at radius 3 is 1.97 bits per heavy atom. The van der Waals surface area contributed by atoms with Crippen molar-refractivity contribution in [2.45, 2.75) is 10.9 Å². The lowest BCUT2D eigenvalue weighted by Gasteiger charge is -2.28. The van der Waals surface area contributed by atoms with Crippen molar-refractivity contribution < 1.29 is 17.6 Å². The maximum Gasteiger partial charge on any atom is 0.258 e. The van der Waals surface area contributed by atoms with E-state index in [1.54, 1.807) is 44.4 Å². The minimum atomic E-state index is -3.97. The van der Waals surface area contributed by atoms with Crippen molar-refractivity contribution in [3.8, 4) is 0 Å². The van der Waals surface area contributed by atoms with E-state index >= 15 is 0 Å². The van der Waals surface area contributed by atoms with Crippen LogP contribution in [0.1, 0.15) is 28.3 Å². The number of amides is 1. The van der Waals surface area contributed by atoms with Crippen molar-refractivity contribution >= 4 is 33.3 Å². The predicted molar refractivity (Wildman–Crippen MR) is 144 cm³/mol. The first kappa shape index (κ1) is 24.6. The van der Waals surface area contributed by atoms with Gasteiger partial charge in [-0.05, 0) is 53.1 Å². The van der Waals surface area contributed by atoms with Crippen molar-refractivity contribution in [3.63, 3.8) is 0 Å². The van der Waals surface area contributed by atoms with Crippen LogP contribution in [0.4, 0.5) is 10.1 Å². The molecule has 1 aliphatic rings. The number of carbonyl (C=O) groups excluding carboxylic acids is 1. The molecule has 5 nitrogen and oxygen atoms in total. The molecule has 0 unspecified atom stereocenters. The topological polar surface area (TPSA) is 57.7 Å². The summed E-state index contributed by atoms with van der Waals surface area (Å²) in [5.74, 6) is -0.631. The third-order valence-corrected chi connectivity index (χ3v) is 8.43. The number of halogens is 1. The molecule has 0 bridgehead atoms. The number of fused-ring (bicyclic) bond motifs is 1. The van der Waals surface area contributed by atoms with E-state index < -0.39 is 16.1 Å². The van der Waals surface area contributed by atoms with Crippen LogP contribution in [-0.4, -0.2) is 32.7 Å². The van der Waals surface area contributed by atoms with Gasteiger partial charge >= 0.3 is 0 Å². The molecular weight excluding hydrogens is 487 g/mol. The fraction of sp³-hybridized carbons (Fsp3) is 0.100. The monoisotopic (exact) mass is 512 g/mol. The number of likely N-dealkylation sites (N-methyl/N-ethyl adjacent to an activating group) is 1. The van der Waals surface area contributed by atoms with E-state index in [-0.39, 0.29) is 16.6 Å². The second-order valence-corrected chi connectivity index (χ2v) is 10.9. The number of carbonyl (C=O) groups is 1. The Bertz CT molecular complexity index is 1550. The molecule has 0 radical (unpaired) electrons. The van der Waals surface area contributed by atoms with Crippen LogP contribution < -0.4 is 4.90 Å². The Labute approximate surface area is 216 Å². The summed E-state index contributed by atoms with van der Waals surface area (Å²) in [6.45, 7) is 0. The maximum absolute atomic E-state index is 14.0. The van der Waals surface area contributed by atoms with Gasteiger partial charge in [0.25, 0.3) is 5.91 Å². The predicted octanol–water partition coefficient (Wildman–Crippen LogP) is 5.75. The molecule has 0 spiro atoms. The molecule has 37 heavy (non-hydrogen) atoms. The average molecular weight is 513 g/mol. The lowest BCUT2D eigenvalue weighted by atomic mass is 9.99. The van der Waals surface area contributed by atoms with E-state index in [9.17, 15) is 17.6 Å². The second kappa shape index (κ2) is 9.76. The molecule has 0 aromatic heterocycles. The van der Waals surface area contributed by atoms with Crippen LogP contribution >= 0.6 is 0 Å². The Kier molecular flexibility index (Phi) is 6.50. The van der Waals surface area contributed by atoms with Crippen LogP contribution in [0, 0.1) is 5.82 Å². The van der Waals surface area contributed by atoms with Gasteiger partial charge in [0.05, 0.1) is 16.6 Å². The van der Waals surface area contributed by atoms with E-state index in [0.29, 0.717) is 22.4 Å². The summed E-state index contributed by atoms with van der Waals surface area (Å²) < 4.78 is 42.6. The van der Waals surface area contributed by atoms with Gasteiger partial charge < -0.3 is 4.90 Å². The Morgan fingerprint density at radius 2 is 1.41 bits per heavy atom. The van der Waals surface area contributed by atoms with Crippen molar-refractivity contribution in [3.05, 3.63) is 131 Å². The molecule has 4 aromatic carbocycles.